The summed E-state index contributed by atoms with van der Waals surface area (Å²) in [5.74, 6) is -2.72. The summed E-state index contributed by atoms with van der Waals surface area (Å²) >= 11 is 0.969. The number of anilines is 1. The summed E-state index contributed by atoms with van der Waals surface area (Å²) in [5.41, 5.74) is -0.280. The Morgan fingerprint density at radius 2 is 1.85 bits per heavy atom. The molecule has 34 heavy (non-hydrogen) atoms. The first-order valence-corrected chi connectivity index (χ1v) is 12.1. The first-order chi connectivity index (χ1) is 15.9. The number of carbonyl (C=O) groups is 3. The van der Waals surface area contributed by atoms with Crippen molar-refractivity contribution in [3.05, 3.63) is 50.7 Å². The Morgan fingerprint density at radius 3 is 2.41 bits per heavy atom. The number of nitro groups is 1. The minimum atomic E-state index is -4.15. The topological polar surface area (TPSA) is 186 Å². The number of sulfonamides is 1. The fraction of sp³-hybridized carbons (Fsp3) is 0.300. The predicted molar refractivity (Wildman–Crippen MR) is 123 cm³/mol. The van der Waals surface area contributed by atoms with Gasteiger partial charge in [0.1, 0.15) is 0 Å². The van der Waals surface area contributed by atoms with Crippen molar-refractivity contribution in [1.29, 1.82) is 5.41 Å². The molecule has 1 aromatic carbocycles. The number of amidine groups is 1. The highest BCUT2D eigenvalue weighted by molar-refractivity contribution is 7.92. The second kappa shape index (κ2) is 11.5. The van der Waals surface area contributed by atoms with Crippen molar-refractivity contribution in [1.82, 2.24) is 5.32 Å². The quantitative estimate of drug-likeness (QED) is 0.103. The van der Waals surface area contributed by atoms with E-state index in [9.17, 15) is 32.9 Å². The molecule has 0 saturated carbocycles. The number of nitrogens with one attached hydrogen (secondary N) is 3. The van der Waals surface area contributed by atoms with Crippen LogP contribution < -0.4 is 10.0 Å². The molecule has 3 N–H and O–H groups in total. The molecule has 0 aliphatic heterocycles. The number of nitro benzene ring substituents is 1. The molecule has 1 amide bonds. The predicted octanol–water partition coefficient (Wildman–Crippen LogP) is 2.71. The molecule has 12 nitrogen and oxygen atoms in total. The largest absolute Gasteiger partial charge is 0.469 e. The number of benzene rings is 1. The minimum absolute atomic E-state index is 0.00542. The van der Waals surface area contributed by atoms with Gasteiger partial charge in [0.15, 0.2) is 5.78 Å². The first kappa shape index (κ1) is 26.6. The third kappa shape index (κ3) is 7.18. The third-order valence-electron chi connectivity index (χ3n) is 4.53. The lowest BCUT2D eigenvalue weighted by Gasteiger charge is -2.14. The zero-order valence-corrected chi connectivity index (χ0v) is 19.8. The van der Waals surface area contributed by atoms with Gasteiger partial charge >= 0.3 is 5.97 Å². The molecule has 0 spiro atoms. The SMILES string of the molecule is COC(=O)[C@H](CCC(=O)NC(C)=N)CC(=O)c1sccc1NS(=O)(=O)c1ccc([N+](=O)[O-])cc1. The van der Waals surface area contributed by atoms with Crippen molar-refractivity contribution >= 4 is 56.2 Å². The molecule has 0 saturated heterocycles. The molecule has 0 aliphatic rings. The lowest BCUT2D eigenvalue weighted by atomic mass is 9.96. The number of rotatable bonds is 11. The highest BCUT2D eigenvalue weighted by Crippen LogP contribution is 2.29. The van der Waals surface area contributed by atoms with Crippen LogP contribution in [0.25, 0.3) is 0 Å². The van der Waals surface area contributed by atoms with E-state index < -0.39 is 38.5 Å². The fourth-order valence-electron chi connectivity index (χ4n) is 2.92. The highest BCUT2D eigenvalue weighted by atomic mass is 32.2. The number of hydrogen-bond acceptors (Lipinski definition) is 10. The molecule has 1 atom stereocenters. The standard InChI is InChI=1S/C20H22N4O8S2/c1-12(21)22-18(26)8-3-13(20(27)32-2)11-17(25)19-16(9-10-33-19)23-34(30,31)15-6-4-14(5-7-15)24(28)29/h4-7,9-10,13,23H,3,8,11H2,1-2H3,(H2,21,22,26)/t13-/m1/s1. The Balaban J connectivity index is 2.16. The van der Waals surface area contributed by atoms with Gasteiger partial charge in [-0.25, -0.2) is 8.42 Å². The Kier molecular flexibility index (Phi) is 8.97. The van der Waals surface area contributed by atoms with E-state index >= 15 is 0 Å². The van der Waals surface area contributed by atoms with E-state index in [4.69, 9.17) is 10.1 Å². The normalized spacial score (nSPS) is 11.8. The van der Waals surface area contributed by atoms with Crippen LogP contribution >= 0.6 is 11.3 Å². The summed E-state index contributed by atoms with van der Waals surface area (Å²) in [6.45, 7) is 1.38. The lowest BCUT2D eigenvalue weighted by Crippen LogP contribution is -2.29. The van der Waals surface area contributed by atoms with Crippen LogP contribution in [0.1, 0.15) is 35.9 Å². The lowest BCUT2D eigenvalue weighted by molar-refractivity contribution is -0.384. The Labute approximate surface area is 199 Å². The molecule has 0 radical (unpaired) electrons. The van der Waals surface area contributed by atoms with Crippen LogP contribution in [-0.2, 0) is 24.3 Å². The molecule has 1 aromatic heterocycles. The molecule has 0 aliphatic carbocycles. The van der Waals surface area contributed by atoms with E-state index in [0.29, 0.717) is 0 Å². The summed E-state index contributed by atoms with van der Waals surface area (Å²) in [7, 11) is -3.00. The van der Waals surface area contributed by atoms with Crippen LogP contribution in [0, 0.1) is 21.4 Å². The number of ether oxygens (including phenoxy) is 1. The second-order valence-electron chi connectivity index (χ2n) is 7.08. The van der Waals surface area contributed by atoms with Gasteiger partial charge in [0, 0.05) is 25.0 Å². The number of ketones is 1. The van der Waals surface area contributed by atoms with E-state index in [1.54, 1.807) is 0 Å². The maximum absolute atomic E-state index is 12.9. The van der Waals surface area contributed by atoms with Gasteiger partial charge in [0.05, 0.1) is 39.2 Å². The van der Waals surface area contributed by atoms with Gasteiger partial charge in [-0.1, -0.05) is 0 Å². The van der Waals surface area contributed by atoms with Crippen LogP contribution in [0.4, 0.5) is 11.4 Å². The molecule has 182 valence electrons. The van der Waals surface area contributed by atoms with Gasteiger partial charge in [-0.15, -0.1) is 11.3 Å². The van der Waals surface area contributed by atoms with Gasteiger partial charge in [-0.3, -0.25) is 34.6 Å². The monoisotopic (exact) mass is 510 g/mol. The minimum Gasteiger partial charge on any atom is -0.469 e. The maximum Gasteiger partial charge on any atom is 0.309 e. The molecule has 0 unspecified atom stereocenters. The zero-order valence-electron chi connectivity index (χ0n) is 18.2. The zero-order chi connectivity index (χ0) is 25.5. The number of hydrogen-bond donors (Lipinski definition) is 3. The summed E-state index contributed by atoms with van der Waals surface area (Å²) < 4.78 is 32.4. The van der Waals surface area contributed by atoms with Crippen LogP contribution in [0.5, 0.6) is 0 Å². The number of methoxy groups -OCH3 is 1. The first-order valence-electron chi connectivity index (χ1n) is 9.75. The average molecular weight is 511 g/mol. The molecule has 14 heteroatoms. The smallest absolute Gasteiger partial charge is 0.309 e. The number of Topliss-reactive ketones (excluding diaryl/α,β-unsaturated/α-hetero) is 1. The van der Waals surface area contributed by atoms with Gasteiger partial charge < -0.3 is 10.1 Å². The number of amides is 1. The van der Waals surface area contributed by atoms with Crippen molar-refractivity contribution in [3.8, 4) is 0 Å². The van der Waals surface area contributed by atoms with Gasteiger partial charge in [0.2, 0.25) is 5.91 Å². The van der Waals surface area contributed by atoms with E-state index in [2.05, 4.69) is 10.0 Å². The summed E-state index contributed by atoms with van der Waals surface area (Å²) in [5, 5.41) is 21.8. The Bertz CT molecular complexity index is 1210. The highest BCUT2D eigenvalue weighted by Gasteiger charge is 2.27. The van der Waals surface area contributed by atoms with Crippen LogP contribution in [0.3, 0.4) is 0 Å². The molecule has 2 rings (SSSR count). The van der Waals surface area contributed by atoms with Gasteiger partial charge in [0.25, 0.3) is 15.7 Å². The molecule has 1 heterocycles. The van der Waals surface area contributed by atoms with Crippen LogP contribution in [0.15, 0.2) is 40.6 Å². The van der Waals surface area contributed by atoms with Gasteiger partial charge in [-0.05, 0) is 36.9 Å². The summed E-state index contributed by atoms with van der Waals surface area (Å²) in [4.78, 5) is 46.7. The molecular weight excluding hydrogens is 488 g/mol. The van der Waals surface area contributed by atoms with Crippen molar-refractivity contribution in [2.75, 3.05) is 11.8 Å². The van der Waals surface area contributed by atoms with E-state index in [1.165, 1.54) is 18.4 Å². The summed E-state index contributed by atoms with van der Waals surface area (Å²) in [6, 6.07) is 5.62. The van der Waals surface area contributed by atoms with Crippen LogP contribution in [-0.4, -0.2) is 43.9 Å². The molecular formula is C20H22N4O8S2. The summed E-state index contributed by atoms with van der Waals surface area (Å²) in [6.07, 6.45) is -0.448. The van der Waals surface area contributed by atoms with E-state index in [0.717, 1.165) is 42.7 Å². The molecule has 2 aromatic rings. The number of carbonyl (C=O) groups excluding carboxylic acids is 3. The number of esters is 1. The molecule has 0 fully saturated rings. The van der Waals surface area contributed by atoms with E-state index in [1.807, 2.05) is 0 Å². The number of non-ortho nitro benzene ring substituents is 1. The Morgan fingerprint density at radius 1 is 1.21 bits per heavy atom. The number of thiophene rings is 1. The average Bonchev–Trinajstić information content (AvgIpc) is 3.23. The Hall–Kier alpha value is -3.65. The van der Waals surface area contributed by atoms with E-state index in [-0.39, 0.29) is 46.2 Å². The van der Waals surface area contributed by atoms with Crippen molar-refractivity contribution in [2.24, 2.45) is 5.92 Å². The third-order valence-corrected chi connectivity index (χ3v) is 6.87. The van der Waals surface area contributed by atoms with Crippen molar-refractivity contribution in [3.63, 3.8) is 0 Å². The van der Waals surface area contributed by atoms with Crippen molar-refractivity contribution in [2.45, 2.75) is 31.1 Å². The van der Waals surface area contributed by atoms with Crippen molar-refractivity contribution < 1.29 is 32.5 Å². The molecule has 0 bridgehead atoms. The maximum atomic E-state index is 12.9. The van der Waals surface area contributed by atoms with Crippen LogP contribution in [0.2, 0.25) is 0 Å². The van der Waals surface area contributed by atoms with Gasteiger partial charge in [-0.2, -0.15) is 0 Å². The number of nitrogens with zero attached hydrogens (tertiary/aromatic N) is 1. The second-order valence-corrected chi connectivity index (χ2v) is 9.68. The fourth-order valence-corrected chi connectivity index (χ4v) is 4.86.